The van der Waals surface area contributed by atoms with Gasteiger partial charge in [0.25, 0.3) is 0 Å². The van der Waals surface area contributed by atoms with E-state index < -0.39 is 0 Å². The summed E-state index contributed by atoms with van der Waals surface area (Å²) in [5.41, 5.74) is 0. The Morgan fingerprint density at radius 1 is 0.917 bits per heavy atom. The molecule has 3 rings (SSSR count). The average Bonchev–Trinajstić information content (AvgIpc) is 3.02. The molecule has 2 saturated heterocycles. The summed E-state index contributed by atoms with van der Waals surface area (Å²) < 4.78 is 5.68. The summed E-state index contributed by atoms with van der Waals surface area (Å²) in [6.07, 6.45) is 6.71. The van der Waals surface area contributed by atoms with Gasteiger partial charge in [0.1, 0.15) is 0 Å². The minimum Gasteiger partial charge on any atom is -0.372 e. The van der Waals surface area contributed by atoms with Crippen LogP contribution in [0.1, 0.15) is 52.4 Å². The Hall–Kier alpha value is -1.30. The van der Waals surface area contributed by atoms with E-state index in [1.54, 1.807) is 0 Å². The molecule has 3 fully saturated rings. The molecule has 136 valence electrons. The Morgan fingerprint density at radius 3 is 2.25 bits per heavy atom. The molecule has 3 atom stereocenters. The van der Waals surface area contributed by atoms with Gasteiger partial charge < -0.3 is 19.9 Å². The van der Waals surface area contributed by atoms with E-state index in [4.69, 9.17) is 4.74 Å². The molecule has 0 bridgehead atoms. The minimum atomic E-state index is -0.0195. The molecule has 6 nitrogen and oxygen atoms in total. The second kappa shape index (κ2) is 7.72. The van der Waals surface area contributed by atoms with Gasteiger partial charge in [0.05, 0.1) is 12.2 Å². The van der Waals surface area contributed by atoms with Crippen molar-refractivity contribution in [3.8, 4) is 0 Å². The van der Waals surface area contributed by atoms with Crippen molar-refractivity contribution in [2.24, 2.45) is 5.92 Å². The van der Waals surface area contributed by atoms with Gasteiger partial charge in [-0.25, -0.2) is 4.79 Å². The number of nitrogens with zero attached hydrogens (tertiary/aromatic N) is 2. The predicted octanol–water partition coefficient (Wildman–Crippen LogP) is 1.99. The van der Waals surface area contributed by atoms with Crippen molar-refractivity contribution in [2.45, 2.75) is 70.6 Å². The summed E-state index contributed by atoms with van der Waals surface area (Å²) in [7, 11) is 0. The summed E-state index contributed by atoms with van der Waals surface area (Å²) in [4.78, 5) is 28.9. The van der Waals surface area contributed by atoms with E-state index >= 15 is 0 Å². The van der Waals surface area contributed by atoms with Crippen LogP contribution in [0.25, 0.3) is 0 Å². The highest BCUT2D eigenvalue weighted by Crippen LogP contribution is 2.26. The summed E-state index contributed by atoms with van der Waals surface area (Å²) in [5, 5.41) is 3.12. The molecule has 24 heavy (non-hydrogen) atoms. The molecular weight excluding hydrogens is 306 g/mol. The normalized spacial score (nSPS) is 32.0. The van der Waals surface area contributed by atoms with Crippen molar-refractivity contribution in [3.63, 3.8) is 0 Å². The molecule has 0 aromatic heterocycles. The molecule has 3 aliphatic rings. The Bertz CT molecular complexity index is 454. The highest BCUT2D eigenvalue weighted by molar-refractivity contribution is 5.79. The second-order valence-electron chi connectivity index (χ2n) is 7.72. The van der Waals surface area contributed by atoms with Gasteiger partial charge in [-0.3, -0.25) is 4.79 Å². The molecule has 0 aromatic carbocycles. The van der Waals surface area contributed by atoms with Gasteiger partial charge in [-0.05, 0) is 33.1 Å². The van der Waals surface area contributed by atoms with Crippen LogP contribution in [-0.4, -0.2) is 66.2 Å². The zero-order valence-corrected chi connectivity index (χ0v) is 15.0. The maximum Gasteiger partial charge on any atom is 0.317 e. The van der Waals surface area contributed by atoms with Crippen LogP contribution in [0.2, 0.25) is 0 Å². The number of ether oxygens (including phenoxy) is 1. The first-order valence-corrected chi connectivity index (χ1v) is 9.52. The van der Waals surface area contributed by atoms with Gasteiger partial charge in [-0.15, -0.1) is 0 Å². The zero-order valence-electron chi connectivity index (χ0n) is 15.0. The summed E-state index contributed by atoms with van der Waals surface area (Å²) in [6, 6.07) is 0.0625. The lowest BCUT2D eigenvalue weighted by atomic mass is 9.88. The Balaban J connectivity index is 1.47. The van der Waals surface area contributed by atoms with Crippen molar-refractivity contribution in [3.05, 3.63) is 0 Å². The van der Waals surface area contributed by atoms with E-state index in [9.17, 15) is 9.59 Å². The van der Waals surface area contributed by atoms with Crippen LogP contribution in [0, 0.1) is 5.92 Å². The van der Waals surface area contributed by atoms with Crippen LogP contribution >= 0.6 is 0 Å². The number of carbonyl (C=O) groups excluding carboxylic acids is 2. The Labute approximate surface area is 144 Å². The number of amides is 3. The average molecular weight is 337 g/mol. The molecule has 0 spiro atoms. The quantitative estimate of drug-likeness (QED) is 0.838. The van der Waals surface area contributed by atoms with Crippen molar-refractivity contribution in [1.29, 1.82) is 0 Å². The van der Waals surface area contributed by atoms with E-state index in [1.807, 2.05) is 23.6 Å². The topological polar surface area (TPSA) is 61.9 Å². The van der Waals surface area contributed by atoms with Crippen molar-refractivity contribution >= 4 is 11.9 Å². The van der Waals surface area contributed by atoms with Crippen molar-refractivity contribution < 1.29 is 14.3 Å². The fourth-order valence-corrected chi connectivity index (χ4v) is 4.30. The highest BCUT2D eigenvalue weighted by atomic mass is 16.5. The van der Waals surface area contributed by atoms with Gasteiger partial charge in [0.15, 0.2) is 0 Å². The van der Waals surface area contributed by atoms with Crippen molar-refractivity contribution in [1.82, 2.24) is 15.1 Å². The van der Waals surface area contributed by atoms with Gasteiger partial charge in [0.2, 0.25) is 5.91 Å². The van der Waals surface area contributed by atoms with Crippen molar-refractivity contribution in [2.75, 3.05) is 26.2 Å². The number of likely N-dealkylation sites (tertiary alicyclic amines) is 1. The van der Waals surface area contributed by atoms with Gasteiger partial charge in [-0.1, -0.05) is 19.3 Å². The number of nitrogens with one attached hydrogen (secondary N) is 1. The Kier molecular flexibility index (Phi) is 5.64. The smallest absolute Gasteiger partial charge is 0.317 e. The maximum absolute atomic E-state index is 12.6. The number of morpholine rings is 1. The molecule has 1 aliphatic carbocycles. The number of hydrogen-bond donors (Lipinski definition) is 1. The zero-order chi connectivity index (χ0) is 17.1. The summed E-state index contributed by atoms with van der Waals surface area (Å²) >= 11 is 0. The third-order valence-corrected chi connectivity index (χ3v) is 5.49. The molecule has 0 radical (unpaired) electrons. The van der Waals surface area contributed by atoms with Gasteiger partial charge in [-0.2, -0.15) is 0 Å². The van der Waals surface area contributed by atoms with E-state index in [0.29, 0.717) is 25.5 Å². The molecule has 3 amide bonds. The van der Waals surface area contributed by atoms with E-state index in [0.717, 1.165) is 25.8 Å². The number of hydrogen-bond acceptors (Lipinski definition) is 3. The van der Waals surface area contributed by atoms with E-state index in [-0.39, 0.29) is 30.2 Å². The van der Waals surface area contributed by atoms with Crippen LogP contribution in [0.5, 0.6) is 0 Å². The van der Waals surface area contributed by atoms with E-state index in [2.05, 4.69) is 5.32 Å². The Morgan fingerprint density at radius 2 is 1.58 bits per heavy atom. The molecule has 1 saturated carbocycles. The lowest BCUT2D eigenvalue weighted by Crippen LogP contribution is -2.54. The van der Waals surface area contributed by atoms with Gasteiger partial charge in [0, 0.05) is 38.1 Å². The lowest BCUT2D eigenvalue weighted by Gasteiger charge is -2.35. The van der Waals surface area contributed by atoms with Crippen LogP contribution < -0.4 is 5.32 Å². The fourth-order valence-electron chi connectivity index (χ4n) is 4.30. The lowest BCUT2D eigenvalue weighted by molar-refractivity contribution is -0.135. The summed E-state index contributed by atoms with van der Waals surface area (Å²) in [5.74, 6) is 0.522. The first-order valence-electron chi connectivity index (χ1n) is 9.52. The molecule has 1 unspecified atom stereocenters. The largest absolute Gasteiger partial charge is 0.372 e. The number of rotatable bonds is 2. The fraction of sp³-hybridized carbons (Fsp3) is 0.889. The molecule has 2 heterocycles. The maximum atomic E-state index is 12.6. The third-order valence-electron chi connectivity index (χ3n) is 5.49. The van der Waals surface area contributed by atoms with Crippen LogP contribution in [0.15, 0.2) is 0 Å². The first-order chi connectivity index (χ1) is 11.5. The highest BCUT2D eigenvalue weighted by Gasteiger charge is 2.33. The number of urea groups is 1. The molecule has 1 N–H and O–H groups in total. The van der Waals surface area contributed by atoms with E-state index in [1.165, 1.54) is 19.3 Å². The monoisotopic (exact) mass is 337 g/mol. The minimum absolute atomic E-state index is 0.0195. The second-order valence-corrected chi connectivity index (χ2v) is 7.72. The van der Waals surface area contributed by atoms with Crippen LogP contribution in [-0.2, 0) is 9.53 Å². The molecule has 2 aliphatic heterocycles. The SMILES string of the molecule is C[C@@H]1CN(C(=O)NC2CCN(C(=O)C3CCCCC3)C2)C[C@H](C)O1. The summed E-state index contributed by atoms with van der Waals surface area (Å²) in [6.45, 7) is 6.69. The van der Waals surface area contributed by atoms with Crippen LogP contribution in [0.4, 0.5) is 4.79 Å². The number of carbonyl (C=O) groups is 2. The third kappa shape index (κ3) is 4.21. The van der Waals surface area contributed by atoms with Gasteiger partial charge >= 0.3 is 6.03 Å². The molecular formula is C18H31N3O3. The predicted molar refractivity (Wildman–Crippen MR) is 91.7 cm³/mol. The standard InChI is InChI=1S/C18H31N3O3/c1-13-10-21(11-14(2)24-13)18(23)19-16-8-9-20(12-16)17(22)15-6-4-3-5-7-15/h13-16H,3-12H2,1-2H3,(H,19,23)/t13-,14+,16?. The molecule has 6 heteroatoms. The van der Waals surface area contributed by atoms with Crippen LogP contribution in [0.3, 0.4) is 0 Å². The molecule has 0 aromatic rings. The first kappa shape index (κ1) is 17.5.